The van der Waals surface area contributed by atoms with Gasteiger partial charge in [0.15, 0.2) is 6.10 Å². The summed E-state index contributed by atoms with van der Waals surface area (Å²) in [5.41, 5.74) is -0.522. The number of carboxylic acid groups (broad SMARTS) is 1. The van der Waals surface area contributed by atoms with Gasteiger partial charge in [-0.3, -0.25) is 0 Å². The van der Waals surface area contributed by atoms with E-state index >= 15 is 0 Å². The molecule has 1 rings (SSSR count). The fourth-order valence-electron chi connectivity index (χ4n) is 1.18. The van der Waals surface area contributed by atoms with E-state index in [0.29, 0.717) is 19.6 Å². The van der Waals surface area contributed by atoms with Crippen LogP contribution in [0.4, 0.5) is 0 Å². The first-order valence-electron chi connectivity index (χ1n) is 3.61. The summed E-state index contributed by atoms with van der Waals surface area (Å²) < 4.78 is 4.88. The summed E-state index contributed by atoms with van der Waals surface area (Å²) in [7, 11) is 0. The van der Waals surface area contributed by atoms with Crippen LogP contribution in [0.1, 0.15) is 13.3 Å². The average Bonchev–Trinajstić information content (AvgIpc) is 1.86. The maximum atomic E-state index is 10.4. The van der Waals surface area contributed by atoms with Crippen LogP contribution in [0.3, 0.4) is 0 Å². The van der Waals surface area contributed by atoms with Crippen LogP contribution in [0.25, 0.3) is 0 Å². The predicted octanol–water partition coefficient (Wildman–Crippen LogP) is -0.141. The molecule has 1 unspecified atom stereocenters. The Labute approximate surface area is 64.8 Å². The molecule has 0 amide bonds. The molecule has 0 aromatic heterocycles. The van der Waals surface area contributed by atoms with Crippen molar-refractivity contribution >= 4 is 5.97 Å². The summed E-state index contributed by atoms with van der Waals surface area (Å²) in [6.45, 7) is 2.57. The van der Waals surface area contributed by atoms with Gasteiger partial charge in [-0.15, -0.1) is 0 Å². The molecular formula is C7H12O4. The van der Waals surface area contributed by atoms with E-state index in [2.05, 4.69) is 0 Å². The van der Waals surface area contributed by atoms with Crippen LogP contribution in [0.2, 0.25) is 0 Å². The molecule has 2 N–H and O–H groups in total. The third kappa shape index (κ3) is 1.23. The van der Waals surface area contributed by atoms with Crippen LogP contribution in [-0.2, 0) is 9.53 Å². The Balaban J connectivity index is 2.61. The lowest BCUT2D eigenvalue weighted by molar-refractivity contribution is -0.193. The van der Waals surface area contributed by atoms with Crippen LogP contribution >= 0.6 is 0 Å². The van der Waals surface area contributed by atoms with Crippen LogP contribution in [-0.4, -0.2) is 35.5 Å². The minimum atomic E-state index is -1.28. The van der Waals surface area contributed by atoms with Crippen molar-refractivity contribution in [2.24, 2.45) is 5.41 Å². The smallest absolute Gasteiger partial charge is 0.333 e. The molecule has 0 radical (unpaired) electrons. The molecule has 4 heteroatoms. The monoisotopic (exact) mass is 160 g/mol. The highest BCUT2D eigenvalue weighted by atomic mass is 16.5. The lowest BCUT2D eigenvalue weighted by atomic mass is 9.78. The molecule has 1 heterocycles. The molecule has 1 saturated heterocycles. The highest BCUT2D eigenvalue weighted by Gasteiger charge is 2.47. The first-order chi connectivity index (χ1) is 5.12. The molecule has 64 valence electrons. The van der Waals surface area contributed by atoms with E-state index in [9.17, 15) is 9.90 Å². The third-order valence-corrected chi connectivity index (χ3v) is 2.30. The number of carboxylic acids is 1. The number of aliphatic hydroxyl groups is 1. The third-order valence-electron chi connectivity index (χ3n) is 2.30. The molecule has 1 atom stereocenters. The van der Waals surface area contributed by atoms with Crippen LogP contribution in [0.5, 0.6) is 0 Å². The highest BCUT2D eigenvalue weighted by Crippen LogP contribution is 2.34. The largest absolute Gasteiger partial charge is 0.479 e. The van der Waals surface area contributed by atoms with Gasteiger partial charge < -0.3 is 14.9 Å². The van der Waals surface area contributed by atoms with Crippen molar-refractivity contribution in [2.45, 2.75) is 19.4 Å². The zero-order chi connectivity index (χ0) is 8.48. The summed E-state index contributed by atoms with van der Waals surface area (Å²) in [5, 5.41) is 17.7. The van der Waals surface area contributed by atoms with Gasteiger partial charge in [0.1, 0.15) is 0 Å². The second-order valence-electron chi connectivity index (χ2n) is 2.95. The first-order valence-corrected chi connectivity index (χ1v) is 3.61. The molecular weight excluding hydrogens is 148 g/mol. The van der Waals surface area contributed by atoms with Gasteiger partial charge in [-0.2, -0.15) is 0 Å². The number of hydrogen-bond acceptors (Lipinski definition) is 3. The van der Waals surface area contributed by atoms with E-state index in [4.69, 9.17) is 9.84 Å². The van der Waals surface area contributed by atoms with E-state index < -0.39 is 17.5 Å². The number of aliphatic carboxylic acids is 1. The van der Waals surface area contributed by atoms with Gasteiger partial charge >= 0.3 is 5.97 Å². The highest BCUT2D eigenvalue weighted by molar-refractivity contribution is 5.73. The predicted molar refractivity (Wildman–Crippen MR) is 37.2 cm³/mol. The Kier molecular flexibility index (Phi) is 2.15. The molecule has 0 spiro atoms. The van der Waals surface area contributed by atoms with Crippen LogP contribution in [0, 0.1) is 5.41 Å². The molecule has 0 saturated carbocycles. The molecule has 1 fully saturated rings. The second-order valence-corrected chi connectivity index (χ2v) is 2.95. The molecule has 1 aliphatic heterocycles. The number of ether oxygens (including phenoxy) is 1. The minimum Gasteiger partial charge on any atom is -0.479 e. The quantitative estimate of drug-likeness (QED) is 0.603. The molecule has 4 nitrogen and oxygen atoms in total. The standard InChI is InChI=1S/C7H12O4/c1-2-7(3-11-4-7)5(8)6(9)10/h5,8H,2-4H2,1H3,(H,9,10). The van der Waals surface area contributed by atoms with Gasteiger partial charge in [-0.25, -0.2) is 4.79 Å². The Morgan fingerprint density at radius 1 is 1.73 bits per heavy atom. The molecule has 1 aliphatic rings. The van der Waals surface area contributed by atoms with Crippen molar-refractivity contribution in [3.8, 4) is 0 Å². The van der Waals surface area contributed by atoms with Gasteiger partial charge in [-0.05, 0) is 6.42 Å². The van der Waals surface area contributed by atoms with Gasteiger partial charge in [0.25, 0.3) is 0 Å². The van der Waals surface area contributed by atoms with E-state index in [1.807, 2.05) is 6.92 Å². The lowest BCUT2D eigenvalue weighted by Crippen LogP contribution is -2.54. The van der Waals surface area contributed by atoms with Gasteiger partial charge in [-0.1, -0.05) is 6.92 Å². The van der Waals surface area contributed by atoms with Crippen LogP contribution < -0.4 is 0 Å². The SMILES string of the molecule is CCC1(C(O)C(=O)O)COC1. The fourth-order valence-corrected chi connectivity index (χ4v) is 1.18. The maximum absolute atomic E-state index is 10.4. The summed E-state index contributed by atoms with van der Waals surface area (Å²) in [6, 6.07) is 0. The maximum Gasteiger partial charge on any atom is 0.333 e. The summed E-state index contributed by atoms with van der Waals surface area (Å²) in [4.78, 5) is 10.4. The van der Waals surface area contributed by atoms with Crippen molar-refractivity contribution < 1.29 is 19.7 Å². The van der Waals surface area contributed by atoms with Gasteiger partial charge in [0.05, 0.1) is 18.6 Å². The van der Waals surface area contributed by atoms with E-state index in [-0.39, 0.29) is 0 Å². The Morgan fingerprint density at radius 3 is 2.36 bits per heavy atom. The molecule has 11 heavy (non-hydrogen) atoms. The molecule has 0 aromatic carbocycles. The minimum absolute atomic E-state index is 0.358. The van der Waals surface area contributed by atoms with Gasteiger partial charge in [0.2, 0.25) is 0 Å². The van der Waals surface area contributed by atoms with E-state index in [1.54, 1.807) is 0 Å². The number of rotatable bonds is 3. The lowest BCUT2D eigenvalue weighted by Gasteiger charge is -2.42. The Hall–Kier alpha value is -0.610. The molecule has 0 aromatic rings. The Bertz CT molecular complexity index is 156. The zero-order valence-corrected chi connectivity index (χ0v) is 6.41. The topological polar surface area (TPSA) is 66.8 Å². The van der Waals surface area contributed by atoms with Crippen molar-refractivity contribution in [3.05, 3.63) is 0 Å². The van der Waals surface area contributed by atoms with Crippen molar-refractivity contribution in [3.63, 3.8) is 0 Å². The van der Waals surface area contributed by atoms with Gasteiger partial charge in [0, 0.05) is 0 Å². The van der Waals surface area contributed by atoms with Crippen LogP contribution in [0.15, 0.2) is 0 Å². The zero-order valence-electron chi connectivity index (χ0n) is 6.41. The summed E-state index contributed by atoms with van der Waals surface area (Å²) in [5.74, 6) is -1.16. The van der Waals surface area contributed by atoms with Crippen molar-refractivity contribution in [1.29, 1.82) is 0 Å². The Morgan fingerprint density at radius 2 is 2.27 bits per heavy atom. The normalized spacial score (nSPS) is 23.8. The van der Waals surface area contributed by atoms with Crippen molar-refractivity contribution in [1.82, 2.24) is 0 Å². The summed E-state index contributed by atoms with van der Waals surface area (Å²) >= 11 is 0. The number of carbonyl (C=O) groups is 1. The fraction of sp³-hybridized carbons (Fsp3) is 0.857. The van der Waals surface area contributed by atoms with E-state index in [1.165, 1.54) is 0 Å². The van der Waals surface area contributed by atoms with Crippen molar-refractivity contribution in [2.75, 3.05) is 13.2 Å². The number of hydrogen-bond donors (Lipinski definition) is 2. The number of aliphatic hydroxyl groups excluding tert-OH is 1. The summed E-state index contributed by atoms with van der Waals surface area (Å²) in [6.07, 6.45) is -0.637. The molecule has 0 bridgehead atoms. The first kappa shape index (κ1) is 8.49. The van der Waals surface area contributed by atoms with E-state index in [0.717, 1.165) is 0 Å². The molecule has 0 aliphatic carbocycles. The second kappa shape index (κ2) is 2.79. The average molecular weight is 160 g/mol.